The Hall–Kier alpha value is -2.65. The number of ketones is 1. The molecule has 4 amide bonds. The van der Waals surface area contributed by atoms with Gasteiger partial charge in [-0.3, -0.25) is 19.2 Å². The van der Waals surface area contributed by atoms with Gasteiger partial charge < -0.3 is 26.0 Å². The van der Waals surface area contributed by atoms with Crippen LogP contribution < -0.4 is 16.4 Å². The maximum atomic E-state index is 13.9. The van der Waals surface area contributed by atoms with E-state index in [9.17, 15) is 24.0 Å². The van der Waals surface area contributed by atoms with Crippen LogP contribution in [0.25, 0.3) is 0 Å². The molecular weight excluding hydrogens is 464 g/mol. The van der Waals surface area contributed by atoms with Crippen molar-refractivity contribution in [1.82, 2.24) is 15.5 Å². The van der Waals surface area contributed by atoms with Gasteiger partial charge in [-0.2, -0.15) is 0 Å². The van der Waals surface area contributed by atoms with Crippen LogP contribution in [0, 0.1) is 23.2 Å². The summed E-state index contributed by atoms with van der Waals surface area (Å²) in [6, 6.07) is -2.61. The summed E-state index contributed by atoms with van der Waals surface area (Å²) in [6.07, 6.45) is 3.74. The Bertz CT molecular complexity index is 905. The SMILES string of the molecule is CCCC(NC(=O)[C@@H]1[C@@H]2[C@H](CN1C(=O)[C@@H](NC(=O)OC(C)(C)C)C1CCCC1)C2(C)C)C(=O)C(N)=O. The summed E-state index contributed by atoms with van der Waals surface area (Å²) in [6.45, 7) is 11.6. The van der Waals surface area contributed by atoms with Crippen LogP contribution in [0.15, 0.2) is 0 Å². The number of nitrogens with zero attached hydrogens (tertiary/aromatic N) is 1. The van der Waals surface area contributed by atoms with E-state index >= 15 is 0 Å². The van der Waals surface area contributed by atoms with Gasteiger partial charge in [0, 0.05) is 6.54 Å². The van der Waals surface area contributed by atoms with Crippen molar-refractivity contribution in [3.05, 3.63) is 0 Å². The van der Waals surface area contributed by atoms with E-state index in [4.69, 9.17) is 10.5 Å². The largest absolute Gasteiger partial charge is 0.444 e. The van der Waals surface area contributed by atoms with Gasteiger partial charge in [0.1, 0.15) is 17.7 Å². The highest BCUT2D eigenvalue weighted by atomic mass is 16.6. The summed E-state index contributed by atoms with van der Waals surface area (Å²) in [7, 11) is 0. The lowest BCUT2D eigenvalue weighted by molar-refractivity contribution is -0.144. The molecule has 0 bridgehead atoms. The quantitative estimate of drug-likeness (QED) is 0.407. The van der Waals surface area contributed by atoms with Gasteiger partial charge in [-0.1, -0.05) is 40.0 Å². The molecule has 1 aliphatic heterocycles. The summed E-state index contributed by atoms with van der Waals surface area (Å²) >= 11 is 0. The number of nitrogens with two attached hydrogens (primary N) is 1. The second kappa shape index (κ2) is 10.4. The molecule has 4 N–H and O–H groups in total. The highest BCUT2D eigenvalue weighted by Gasteiger charge is 2.69. The van der Waals surface area contributed by atoms with Crippen LogP contribution in [-0.4, -0.2) is 64.8 Å². The van der Waals surface area contributed by atoms with Gasteiger partial charge in [-0.15, -0.1) is 0 Å². The Morgan fingerprint density at radius 3 is 2.22 bits per heavy atom. The first-order chi connectivity index (χ1) is 16.7. The Morgan fingerprint density at radius 2 is 1.69 bits per heavy atom. The second-order valence-electron chi connectivity index (χ2n) is 12.1. The summed E-state index contributed by atoms with van der Waals surface area (Å²) in [5, 5.41) is 5.50. The van der Waals surface area contributed by atoms with Gasteiger partial charge in [-0.05, 0) is 63.2 Å². The number of fused-ring (bicyclic) bond motifs is 1. The number of alkyl carbamates (subject to hydrolysis) is 1. The van der Waals surface area contributed by atoms with Crippen molar-refractivity contribution in [3.8, 4) is 0 Å². The molecule has 36 heavy (non-hydrogen) atoms. The lowest BCUT2D eigenvalue weighted by atomic mass is 9.94. The number of ether oxygens (including phenoxy) is 1. The number of Topliss-reactive ketones (excluding diaryl/α,β-unsaturated/α-hetero) is 1. The standard InChI is InChI=1S/C26H42N4O6/c1-7-10-16(20(31)21(27)32)28-22(33)19-17-15(26(17,5)6)13-30(19)23(34)18(14-11-8-9-12-14)29-24(35)36-25(2,3)4/h14-19H,7-13H2,1-6H3,(H2,27,32)(H,28,33)(H,29,35)/t15-,16?,17-,18-,19-/m0/s1. The molecule has 5 atom stereocenters. The number of nitrogens with one attached hydrogen (secondary N) is 2. The van der Waals surface area contributed by atoms with Crippen molar-refractivity contribution < 1.29 is 28.7 Å². The molecule has 1 unspecified atom stereocenters. The van der Waals surface area contributed by atoms with Gasteiger partial charge in [0.15, 0.2) is 0 Å². The Labute approximate surface area is 213 Å². The predicted molar refractivity (Wildman–Crippen MR) is 132 cm³/mol. The number of carbonyl (C=O) groups excluding carboxylic acids is 5. The average Bonchev–Trinajstić information content (AvgIpc) is 3.22. The van der Waals surface area contributed by atoms with Crippen LogP contribution in [0.1, 0.15) is 80.1 Å². The molecule has 2 saturated carbocycles. The van der Waals surface area contributed by atoms with Crippen LogP contribution in [0.3, 0.4) is 0 Å². The minimum Gasteiger partial charge on any atom is -0.444 e. The third-order valence-corrected chi connectivity index (χ3v) is 8.02. The van der Waals surface area contributed by atoms with Crippen LogP contribution in [0.4, 0.5) is 4.79 Å². The van der Waals surface area contributed by atoms with E-state index < -0.39 is 47.4 Å². The van der Waals surface area contributed by atoms with E-state index in [2.05, 4.69) is 24.5 Å². The van der Waals surface area contributed by atoms with E-state index in [0.29, 0.717) is 13.0 Å². The van der Waals surface area contributed by atoms with Gasteiger partial charge in [0.05, 0.1) is 6.04 Å². The Kier molecular flexibility index (Phi) is 8.05. The Balaban J connectivity index is 1.84. The van der Waals surface area contributed by atoms with E-state index in [1.54, 1.807) is 25.7 Å². The molecule has 1 saturated heterocycles. The van der Waals surface area contributed by atoms with Crippen LogP contribution >= 0.6 is 0 Å². The van der Waals surface area contributed by atoms with Crippen molar-refractivity contribution in [2.75, 3.05) is 6.54 Å². The molecule has 0 spiro atoms. The molecule has 1 heterocycles. The van der Waals surface area contributed by atoms with E-state index in [-0.39, 0.29) is 35.5 Å². The molecule has 3 fully saturated rings. The summed E-state index contributed by atoms with van der Waals surface area (Å²) in [4.78, 5) is 65.4. The first kappa shape index (κ1) is 27.9. The van der Waals surface area contributed by atoms with Gasteiger partial charge in [0.2, 0.25) is 17.6 Å². The van der Waals surface area contributed by atoms with Crippen LogP contribution in [-0.2, 0) is 23.9 Å². The van der Waals surface area contributed by atoms with Crippen molar-refractivity contribution in [2.24, 2.45) is 28.9 Å². The van der Waals surface area contributed by atoms with Crippen molar-refractivity contribution in [3.63, 3.8) is 0 Å². The maximum Gasteiger partial charge on any atom is 0.408 e. The molecule has 0 aromatic rings. The van der Waals surface area contributed by atoms with Crippen molar-refractivity contribution in [2.45, 2.75) is 104 Å². The third-order valence-electron chi connectivity index (χ3n) is 8.02. The predicted octanol–water partition coefficient (Wildman–Crippen LogP) is 1.89. The highest BCUT2D eigenvalue weighted by molar-refractivity contribution is 6.37. The minimum absolute atomic E-state index is 0.0389. The molecule has 3 rings (SSSR count). The lowest BCUT2D eigenvalue weighted by Crippen LogP contribution is -2.59. The number of amides is 4. The van der Waals surface area contributed by atoms with Crippen molar-refractivity contribution >= 4 is 29.6 Å². The topological polar surface area (TPSA) is 148 Å². The molecule has 202 valence electrons. The molecule has 0 aromatic carbocycles. The van der Waals surface area contributed by atoms with E-state index in [1.165, 1.54) is 0 Å². The number of hydrogen-bond acceptors (Lipinski definition) is 6. The molecule has 10 nitrogen and oxygen atoms in total. The molecule has 3 aliphatic rings. The first-order valence-electron chi connectivity index (χ1n) is 13.1. The Morgan fingerprint density at radius 1 is 1.08 bits per heavy atom. The monoisotopic (exact) mass is 506 g/mol. The van der Waals surface area contributed by atoms with Crippen LogP contribution in [0.2, 0.25) is 0 Å². The summed E-state index contributed by atoms with van der Waals surface area (Å²) < 4.78 is 5.42. The zero-order chi connectivity index (χ0) is 27.0. The molecule has 2 aliphatic carbocycles. The first-order valence-corrected chi connectivity index (χ1v) is 13.1. The summed E-state index contributed by atoms with van der Waals surface area (Å²) in [5.74, 6) is -2.68. The minimum atomic E-state index is -1.10. The molecular formula is C26H42N4O6. The normalized spacial score (nSPS) is 26.5. The average molecular weight is 507 g/mol. The van der Waals surface area contributed by atoms with Gasteiger partial charge >= 0.3 is 6.09 Å². The molecule has 0 radical (unpaired) electrons. The maximum absolute atomic E-state index is 13.9. The number of rotatable bonds is 9. The third kappa shape index (κ3) is 5.83. The van der Waals surface area contributed by atoms with Gasteiger partial charge in [0.25, 0.3) is 5.91 Å². The number of hydrogen-bond donors (Lipinski definition) is 3. The zero-order valence-electron chi connectivity index (χ0n) is 22.4. The number of likely N-dealkylation sites (tertiary alicyclic amines) is 1. The summed E-state index contributed by atoms with van der Waals surface area (Å²) in [5.41, 5.74) is 4.35. The van der Waals surface area contributed by atoms with Gasteiger partial charge in [-0.25, -0.2) is 4.79 Å². The molecule has 10 heteroatoms. The fourth-order valence-electron chi connectivity index (χ4n) is 6.08. The highest BCUT2D eigenvalue weighted by Crippen LogP contribution is 2.65. The second-order valence-corrected chi connectivity index (χ2v) is 12.1. The molecule has 0 aromatic heterocycles. The zero-order valence-corrected chi connectivity index (χ0v) is 22.4. The lowest BCUT2D eigenvalue weighted by Gasteiger charge is -2.35. The van der Waals surface area contributed by atoms with Crippen molar-refractivity contribution in [1.29, 1.82) is 0 Å². The fourth-order valence-corrected chi connectivity index (χ4v) is 6.08. The number of piperidine rings is 1. The van der Waals surface area contributed by atoms with E-state index in [0.717, 1.165) is 25.7 Å². The van der Waals surface area contributed by atoms with Crippen LogP contribution in [0.5, 0.6) is 0 Å². The number of primary amides is 1. The van der Waals surface area contributed by atoms with E-state index in [1.807, 2.05) is 6.92 Å². The smallest absolute Gasteiger partial charge is 0.408 e. The number of carbonyl (C=O) groups is 5. The fraction of sp³-hybridized carbons (Fsp3) is 0.808.